The van der Waals surface area contributed by atoms with Gasteiger partial charge in [-0.2, -0.15) is 9.61 Å². The topological polar surface area (TPSA) is 94.0 Å². The average molecular weight is 591 g/mol. The van der Waals surface area contributed by atoms with Gasteiger partial charge in [0.15, 0.2) is 0 Å². The van der Waals surface area contributed by atoms with E-state index in [1.54, 1.807) is 6.07 Å². The fraction of sp³-hybridized carbons (Fsp3) is 0.364. The summed E-state index contributed by atoms with van der Waals surface area (Å²) in [6.07, 6.45) is 2.64. The van der Waals surface area contributed by atoms with E-state index >= 15 is 0 Å². The lowest BCUT2D eigenvalue weighted by atomic mass is 9.96. The number of carbonyl (C=O) groups is 2. The van der Waals surface area contributed by atoms with Crippen LogP contribution in [0.2, 0.25) is 0 Å². The Morgan fingerprint density at radius 2 is 1.77 bits per heavy atom. The van der Waals surface area contributed by atoms with E-state index in [9.17, 15) is 18.4 Å². The summed E-state index contributed by atoms with van der Waals surface area (Å²) in [4.78, 5) is 26.4. The third-order valence-electron chi connectivity index (χ3n) is 7.55. The van der Waals surface area contributed by atoms with Gasteiger partial charge in [-0.05, 0) is 62.4 Å². The number of fused-ring (bicyclic) bond motifs is 1. The molecule has 4 aromatic rings. The molecule has 8 nitrogen and oxygen atoms in total. The molecule has 2 aromatic carbocycles. The van der Waals surface area contributed by atoms with E-state index in [1.165, 1.54) is 22.7 Å². The molecule has 2 amide bonds. The lowest BCUT2D eigenvalue weighted by molar-refractivity contribution is 0.0928. The predicted octanol–water partition coefficient (Wildman–Crippen LogP) is 6.59. The molecular weight excluding hydrogens is 554 g/mol. The Balaban J connectivity index is 1.34. The van der Waals surface area contributed by atoms with Gasteiger partial charge in [0.05, 0.1) is 27.9 Å². The number of rotatable bonds is 12. The number of halogens is 2. The zero-order valence-electron chi connectivity index (χ0n) is 24.6. The van der Waals surface area contributed by atoms with E-state index < -0.39 is 23.3 Å². The van der Waals surface area contributed by atoms with Gasteiger partial charge in [0, 0.05) is 18.5 Å². The first-order valence-corrected chi connectivity index (χ1v) is 14.5. The highest BCUT2D eigenvalue weighted by Gasteiger charge is 2.35. The number of nitrogens with one attached hydrogen (secondary N) is 2. The fourth-order valence-electron chi connectivity index (χ4n) is 5.17. The molecule has 0 spiro atoms. The van der Waals surface area contributed by atoms with Gasteiger partial charge < -0.3 is 20.1 Å². The fourth-order valence-corrected chi connectivity index (χ4v) is 5.17. The quantitative estimate of drug-likeness (QED) is 0.194. The van der Waals surface area contributed by atoms with Gasteiger partial charge in [0.25, 0.3) is 5.91 Å². The summed E-state index contributed by atoms with van der Waals surface area (Å²) in [5.41, 5.74) is 2.35. The van der Waals surface area contributed by atoms with Crippen LogP contribution in [0.5, 0.6) is 5.88 Å². The summed E-state index contributed by atoms with van der Waals surface area (Å²) in [6, 6.07) is 16.6. The Labute approximate surface area is 249 Å². The zero-order valence-corrected chi connectivity index (χ0v) is 24.6. The highest BCUT2D eigenvalue weighted by Crippen LogP contribution is 2.42. The predicted molar refractivity (Wildman–Crippen MR) is 158 cm³/mol. The van der Waals surface area contributed by atoms with Gasteiger partial charge in [-0.15, -0.1) is 0 Å². The summed E-state index contributed by atoms with van der Waals surface area (Å²) < 4.78 is 41.3. The van der Waals surface area contributed by atoms with Crippen LogP contribution in [-0.2, 0) is 18.0 Å². The van der Waals surface area contributed by atoms with E-state index in [0.29, 0.717) is 23.2 Å². The van der Waals surface area contributed by atoms with Crippen molar-refractivity contribution >= 4 is 17.5 Å². The molecule has 0 radical (unpaired) electrons. The molecular formula is C33H36F2N4O4. The number of ether oxygens (including phenoxy) is 2. The molecule has 226 valence electrons. The first-order chi connectivity index (χ1) is 20.7. The third-order valence-corrected chi connectivity index (χ3v) is 7.55. The van der Waals surface area contributed by atoms with Crippen LogP contribution in [0.1, 0.15) is 78.2 Å². The molecule has 1 saturated carbocycles. The summed E-state index contributed by atoms with van der Waals surface area (Å²) in [7, 11) is 0. The molecule has 5 rings (SSSR count). The molecule has 1 fully saturated rings. The molecule has 1 unspecified atom stereocenters. The maximum Gasteiger partial charge on any atom is 0.407 e. The SMILES string of the molecule is CCCC(C)(CNC(=O)c1c(C2CC2)nn2c(OCc3c(F)cccc3F)cc(C)cc12)NC(=O)OCc1ccccc1. The van der Waals surface area contributed by atoms with Crippen molar-refractivity contribution < 1.29 is 27.8 Å². The van der Waals surface area contributed by atoms with Gasteiger partial charge in [-0.1, -0.05) is 49.7 Å². The number of hydrogen-bond acceptors (Lipinski definition) is 5. The number of nitrogens with zero attached hydrogens (tertiary/aromatic N) is 2. The van der Waals surface area contributed by atoms with Gasteiger partial charge in [-0.3, -0.25) is 4.79 Å². The van der Waals surface area contributed by atoms with E-state index in [4.69, 9.17) is 14.6 Å². The third kappa shape index (κ3) is 7.13. The molecule has 0 aliphatic heterocycles. The van der Waals surface area contributed by atoms with Crippen LogP contribution in [0.4, 0.5) is 13.6 Å². The van der Waals surface area contributed by atoms with Crippen molar-refractivity contribution in [2.45, 2.75) is 71.1 Å². The molecule has 0 bridgehead atoms. The van der Waals surface area contributed by atoms with Crippen LogP contribution >= 0.6 is 0 Å². The van der Waals surface area contributed by atoms with Crippen molar-refractivity contribution in [3.8, 4) is 5.88 Å². The molecule has 43 heavy (non-hydrogen) atoms. The van der Waals surface area contributed by atoms with E-state index in [0.717, 1.165) is 30.4 Å². The Morgan fingerprint density at radius 1 is 1.05 bits per heavy atom. The smallest absolute Gasteiger partial charge is 0.407 e. The molecule has 2 N–H and O–H groups in total. The normalized spacial score (nSPS) is 14.3. The van der Waals surface area contributed by atoms with Crippen molar-refractivity contribution in [1.29, 1.82) is 0 Å². The van der Waals surface area contributed by atoms with Gasteiger partial charge in [-0.25, -0.2) is 13.6 Å². The van der Waals surface area contributed by atoms with Gasteiger partial charge in [0.2, 0.25) is 5.88 Å². The largest absolute Gasteiger partial charge is 0.473 e. The number of aryl methyl sites for hydroxylation is 1. The average Bonchev–Trinajstić information content (AvgIpc) is 3.75. The van der Waals surface area contributed by atoms with E-state index in [-0.39, 0.29) is 43.0 Å². The van der Waals surface area contributed by atoms with Crippen molar-refractivity contribution in [1.82, 2.24) is 20.2 Å². The Morgan fingerprint density at radius 3 is 2.44 bits per heavy atom. The first-order valence-electron chi connectivity index (χ1n) is 14.5. The second-order valence-electron chi connectivity index (χ2n) is 11.4. The van der Waals surface area contributed by atoms with Crippen molar-refractivity contribution in [2.75, 3.05) is 6.54 Å². The van der Waals surface area contributed by atoms with Crippen LogP contribution < -0.4 is 15.4 Å². The highest BCUT2D eigenvalue weighted by molar-refractivity contribution is 6.02. The van der Waals surface area contributed by atoms with Crippen LogP contribution in [0.15, 0.2) is 60.7 Å². The van der Waals surface area contributed by atoms with Crippen LogP contribution in [-0.4, -0.2) is 33.7 Å². The highest BCUT2D eigenvalue weighted by atomic mass is 19.1. The number of benzene rings is 2. The molecule has 1 aliphatic rings. The number of amides is 2. The molecule has 2 heterocycles. The lowest BCUT2D eigenvalue weighted by Gasteiger charge is -2.30. The Bertz CT molecular complexity index is 1600. The molecule has 10 heteroatoms. The van der Waals surface area contributed by atoms with Gasteiger partial charge >= 0.3 is 6.09 Å². The second kappa shape index (κ2) is 12.8. The minimum Gasteiger partial charge on any atom is -0.473 e. The number of alkyl carbamates (subject to hydrolysis) is 1. The van der Waals surface area contributed by atoms with Crippen molar-refractivity contribution in [3.63, 3.8) is 0 Å². The maximum absolute atomic E-state index is 14.2. The summed E-state index contributed by atoms with van der Waals surface area (Å²) in [6.45, 7) is 5.70. The number of carbonyl (C=O) groups excluding carboxylic acids is 2. The Hall–Kier alpha value is -4.47. The monoisotopic (exact) mass is 590 g/mol. The zero-order chi connectivity index (χ0) is 30.6. The molecule has 2 aromatic heterocycles. The van der Waals surface area contributed by atoms with Crippen molar-refractivity contribution in [2.24, 2.45) is 0 Å². The first kappa shape index (κ1) is 30.0. The lowest BCUT2D eigenvalue weighted by Crippen LogP contribution is -2.53. The molecule has 1 aliphatic carbocycles. The molecule has 0 saturated heterocycles. The van der Waals surface area contributed by atoms with Crippen LogP contribution in [0.3, 0.4) is 0 Å². The minimum absolute atomic E-state index is 0.130. The summed E-state index contributed by atoms with van der Waals surface area (Å²) >= 11 is 0. The van der Waals surface area contributed by atoms with Crippen molar-refractivity contribution in [3.05, 3.63) is 100 Å². The number of aromatic nitrogens is 2. The molecule has 1 atom stereocenters. The maximum atomic E-state index is 14.2. The second-order valence-corrected chi connectivity index (χ2v) is 11.4. The standard InChI is InChI=1S/C33H36F2N4O4/c1-4-15-33(3,37-32(41)43-18-22-9-6-5-7-10-22)20-36-31(40)29-27-16-21(2)17-28(39(27)38-30(29)23-13-14-23)42-19-24-25(34)11-8-12-26(24)35/h5-12,16-17,23H,4,13-15,18-20H2,1-3H3,(H,36,40)(H,37,41). The Kier molecular flexibility index (Phi) is 8.94. The number of pyridine rings is 1. The summed E-state index contributed by atoms with van der Waals surface area (Å²) in [5, 5.41) is 10.7. The van der Waals surface area contributed by atoms with Crippen LogP contribution in [0, 0.1) is 18.6 Å². The van der Waals surface area contributed by atoms with Gasteiger partial charge in [0.1, 0.15) is 24.8 Å². The minimum atomic E-state index is -0.755. The van der Waals surface area contributed by atoms with E-state index in [1.807, 2.05) is 57.2 Å². The summed E-state index contributed by atoms with van der Waals surface area (Å²) in [5.74, 6) is -1.31. The van der Waals surface area contributed by atoms with E-state index in [2.05, 4.69) is 10.6 Å². The van der Waals surface area contributed by atoms with Crippen LogP contribution in [0.25, 0.3) is 5.52 Å². The number of hydrogen-bond donors (Lipinski definition) is 2.